The number of nitrogens with zero attached hydrogens (tertiary/aromatic N) is 4. The lowest BCUT2D eigenvalue weighted by Crippen LogP contribution is -2.35. The number of likely N-dealkylation sites (N-methyl/N-ethyl adjacent to an activating group) is 1. The van der Waals surface area contributed by atoms with Crippen LogP contribution in [-0.2, 0) is 11.3 Å². The number of aromatic nitrogens is 3. The molecule has 2 amide bonds. The van der Waals surface area contributed by atoms with Crippen molar-refractivity contribution in [3.63, 3.8) is 0 Å². The lowest BCUT2D eigenvalue weighted by Gasteiger charge is -2.23. The molecule has 32 heavy (non-hydrogen) atoms. The van der Waals surface area contributed by atoms with Crippen LogP contribution in [0.15, 0.2) is 79.0 Å². The largest absolute Gasteiger partial charge is 0.341 e. The normalized spacial score (nSPS) is 11.8. The lowest BCUT2D eigenvalue weighted by atomic mass is 10.2. The van der Waals surface area contributed by atoms with Crippen molar-refractivity contribution in [3.05, 3.63) is 90.5 Å². The molecule has 1 atom stereocenters. The molecule has 1 unspecified atom stereocenters. The molecule has 0 spiro atoms. The highest BCUT2D eigenvalue weighted by Crippen LogP contribution is 2.22. The number of rotatable bonds is 7. The zero-order valence-corrected chi connectivity index (χ0v) is 18.1. The van der Waals surface area contributed by atoms with Crippen molar-refractivity contribution in [2.75, 3.05) is 11.4 Å². The number of fused-ring (bicyclic) bond motifs is 1. The van der Waals surface area contributed by atoms with Crippen molar-refractivity contribution >= 4 is 28.5 Å². The Morgan fingerprint density at radius 1 is 1.00 bits per heavy atom. The first-order valence-corrected chi connectivity index (χ1v) is 10.6. The van der Waals surface area contributed by atoms with Crippen LogP contribution >= 0.6 is 0 Å². The van der Waals surface area contributed by atoms with Crippen molar-refractivity contribution < 1.29 is 9.59 Å². The molecule has 2 aromatic carbocycles. The van der Waals surface area contributed by atoms with Gasteiger partial charge in [-0.25, -0.2) is 4.98 Å². The molecule has 162 valence electrons. The molecule has 0 saturated heterocycles. The third kappa shape index (κ3) is 4.37. The predicted octanol–water partition coefficient (Wildman–Crippen LogP) is 3.98. The number of carbonyl (C=O) groups excluding carboxylic acids is 2. The van der Waals surface area contributed by atoms with Crippen LogP contribution < -0.4 is 10.2 Å². The van der Waals surface area contributed by atoms with Gasteiger partial charge in [0.2, 0.25) is 5.91 Å². The summed E-state index contributed by atoms with van der Waals surface area (Å²) >= 11 is 0. The molecule has 7 heteroatoms. The molecule has 0 fully saturated rings. The van der Waals surface area contributed by atoms with Crippen LogP contribution in [-0.4, -0.2) is 32.9 Å². The van der Waals surface area contributed by atoms with Gasteiger partial charge in [0.1, 0.15) is 18.1 Å². The summed E-state index contributed by atoms with van der Waals surface area (Å²) in [5, 5.41) is 2.95. The highest BCUT2D eigenvalue weighted by atomic mass is 16.2. The summed E-state index contributed by atoms with van der Waals surface area (Å²) in [5.41, 5.74) is 2.80. The predicted molar refractivity (Wildman–Crippen MR) is 124 cm³/mol. The highest BCUT2D eigenvalue weighted by molar-refractivity contribution is 5.94. The van der Waals surface area contributed by atoms with Gasteiger partial charge in [-0.15, -0.1) is 0 Å². The van der Waals surface area contributed by atoms with E-state index in [0.29, 0.717) is 18.1 Å². The fourth-order valence-electron chi connectivity index (χ4n) is 3.75. The molecule has 2 heterocycles. The summed E-state index contributed by atoms with van der Waals surface area (Å²) in [6.07, 6.45) is 1.58. The summed E-state index contributed by atoms with van der Waals surface area (Å²) in [4.78, 5) is 36.5. The fourth-order valence-corrected chi connectivity index (χ4v) is 3.75. The Hall–Kier alpha value is -4.00. The second-order valence-corrected chi connectivity index (χ2v) is 7.43. The number of pyridine rings is 1. The Labute approximate surface area is 186 Å². The smallest absolute Gasteiger partial charge is 0.270 e. The topological polar surface area (TPSA) is 80.1 Å². The summed E-state index contributed by atoms with van der Waals surface area (Å²) in [5.74, 6) is 0.279. The first-order chi connectivity index (χ1) is 15.6. The molecule has 0 aliphatic carbocycles. The molecule has 1 N–H and O–H groups in total. The standard InChI is InChI=1S/C25H25N5O2/c1-3-29(19-11-5-4-6-12-19)23(31)17-30-22-15-8-7-13-20(22)28-24(30)18(2)27-25(32)21-14-9-10-16-26-21/h4-16,18H,3,17H2,1-2H3,(H,27,32). The van der Waals surface area contributed by atoms with E-state index >= 15 is 0 Å². The average Bonchev–Trinajstić information content (AvgIpc) is 3.19. The van der Waals surface area contributed by atoms with Crippen molar-refractivity contribution in [2.24, 2.45) is 0 Å². The molecule has 4 rings (SSSR count). The molecular formula is C25H25N5O2. The van der Waals surface area contributed by atoms with E-state index in [0.717, 1.165) is 16.7 Å². The number of anilines is 1. The Bertz CT molecular complexity index is 1220. The molecule has 0 radical (unpaired) electrons. The van der Waals surface area contributed by atoms with Gasteiger partial charge in [0.25, 0.3) is 5.91 Å². The Kier molecular flexibility index (Phi) is 6.26. The van der Waals surface area contributed by atoms with Gasteiger partial charge in [-0.05, 0) is 50.2 Å². The minimum Gasteiger partial charge on any atom is -0.341 e. The number of carbonyl (C=O) groups is 2. The Balaban J connectivity index is 1.64. The summed E-state index contributed by atoms with van der Waals surface area (Å²) < 4.78 is 1.88. The van der Waals surface area contributed by atoms with Gasteiger partial charge in [0.15, 0.2) is 0 Å². The minimum absolute atomic E-state index is 0.0497. The molecule has 0 aliphatic rings. The van der Waals surface area contributed by atoms with Crippen molar-refractivity contribution in [3.8, 4) is 0 Å². The number of benzene rings is 2. The average molecular weight is 428 g/mol. The molecule has 0 bridgehead atoms. The number of para-hydroxylation sites is 3. The number of nitrogens with one attached hydrogen (secondary N) is 1. The molecule has 0 saturated carbocycles. The Morgan fingerprint density at radius 2 is 1.72 bits per heavy atom. The molecule has 7 nitrogen and oxygen atoms in total. The van der Waals surface area contributed by atoms with Gasteiger partial charge in [-0.2, -0.15) is 0 Å². The van der Waals surface area contributed by atoms with Crippen LogP contribution in [0.2, 0.25) is 0 Å². The summed E-state index contributed by atoms with van der Waals surface area (Å²) in [6.45, 7) is 4.48. The second kappa shape index (κ2) is 9.43. The third-order valence-corrected chi connectivity index (χ3v) is 5.30. The van der Waals surface area contributed by atoms with Crippen molar-refractivity contribution in [1.29, 1.82) is 0 Å². The van der Waals surface area contributed by atoms with E-state index in [1.807, 2.05) is 73.0 Å². The molecule has 4 aromatic rings. The first kappa shape index (κ1) is 21.2. The maximum absolute atomic E-state index is 13.3. The minimum atomic E-state index is -0.420. The monoisotopic (exact) mass is 427 g/mol. The quantitative estimate of drug-likeness (QED) is 0.484. The van der Waals surface area contributed by atoms with Crippen molar-refractivity contribution in [2.45, 2.75) is 26.4 Å². The first-order valence-electron chi connectivity index (χ1n) is 10.6. The highest BCUT2D eigenvalue weighted by Gasteiger charge is 2.23. The van der Waals surface area contributed by atoms with E-state index in [-0.39, 0.29) is 18.4 Å². The van der Waals surface area contributed by atoms with Gasteiger partial charge in [0, 0.05) is 18.4 Å². The summed E-state index contributed by atoms with van der Waals surface area (Å²) in [7, 11) is 0. The lowest BCUT2D eigenvalue weighted by molar-refractivity contribution is -0.119. The van der Waals surface area contributed by atoms with Gasteiger partial charge >= 0.3 is 0 Å². The Morgan fingerprint density at radius 3 is 2.44 bits per heavy atom. The summed E-state index contributed by atoms with van der Waals surface area (Å²) in [6, 6.07) is 22.0. The van der Waals surface area contributed by atoms with E-state index in [9.17, 15) is 9.59 Å². The number of amides is 2. The number of hydrogen-bond donors (Lipinski definition) is 1. The van der Waals surface area contributed by atoms with Gasteiger partial charge in [-0.1, -0.05) is 36.4 Å². The van der Waals surface area contributed by atoms with Gasteiger partial charge < -0.3 is 14.8 Å². The van der Waals surface area contributed by atoms with E-state index < -0.39 is 6.04 Å². The fraction of sp³-hybridized carbons (Fsp3) is 0.200. The van der Waals surface area contributed by atoms with E-state index in [1.54, 1.807) is 29.3 Å². The van der Waals surface area contributed by atoms with Crippen LogP contribution in [0, 0.1) is 0 Å². The maximum Gasteiger partial charge on any atom is 0.270 e. The van der Waals surface area contributed by atoms with Gasteiger partial charge in [-0.3, -0.25) is 14.6 Å². The third-order valence-electron chi connectivity index (χ3n) is 5.30. The number of imidazole rings is 1. The van der Waals surface area contributed by atoms with Crippen LogP contribution in [0.3, 0.4) is 0 Å². The van der Waals surface area contributed by atoms with E-state index in [2.05, 4.69) is 10.3 Å². The number of hydrogen-bond acceptors (Lipinski definition) is 4. The molecule has 2 aromatic heterocycles. The van der Waals surface area contributed by atoms with Crippen LogP contribution in [0.5, 0.6) is 0 Å². The van der Waals surface area contributed by atoms with Crippen LogP contribution in [0.4, 0.5) is 5.69 Å². The van der Waals surface area contributed by atoms with E-state index in [4.69, 9.17) is 4.98 Å². The van der Waals surface area contributed by atoms with E-state index in [1.165, 1.54) is 0 Å². The van der Waals surface area contributed by atoms with Gasteiger partial charge in [0.05, 0.1) is 17.1 Å². The van der Waals surface area contributed by atoms with Crippen LogP contribution in [0.25, 0.3) is 11.0 Å². The SMILES string of the molecule is CCN(C(=O)Cn1c(C(C)NC(=O)c2ccccn2)nc2ccccc21)c1ccccc1. The molecular weight excluding hydrogens is 402 g/mol. The second-order valence-electron chi connectivity index (χ2n) is 7.43. The molecule has 0 aliphatic heterocycles. The zero-order valence-electron chi connectivity index (χ0n) is 18.1. The van der Waals surface area contributed by atoms with Crippen molar-refractivity contribution in [1.82, 2.24) is 19.9 Å². The van der Waals surface area contributed by atoms with Crippen LogP contribution in [0.1, 0.15) is 36.2 Å². The zero-order chi connectivity index (χ0) is 22.5. The maximum atomic E-state index is 13.3.